The number of hydrogen-bond donors (Lipinski definition) is 0. The molecule has 0 saturated carbocycles. The quantitative estimate of drug-likeness (QED) is 0.448. The van der Waals surface area contributed by atoms with Crippen LogP contribution in [0.5, 0.6) is 0 Å². The highest BCUT2D eigenvalue weighted by atomic mass is 79.9. The van der Waals surface area contributed by atoms with Gasteiger partial charge in [-0.2, -0.15) is 0 Å². The van der Waals surface area contributed by atoms with Crippen molar-refractivity contribution in [3.05, 3.63) is 5.95 Å². The summed E-state index contributed by atoms with van der Waals surface area (Å²) in [5, 5.41) is 0. The zero-order valence-corrected chi connectivity index (χ0v) is 11.6. The first-order valence-electron chi connectivity index (χ1n) is 5.14. The Balaban J connectivity index is 2.47. The lowest BCUT2D eigenvalue weighted by atomic mass is 9.93. The molecular weight excluding hydrogens is 292 g/mol. The Bertz CT molecular complexity index is 341. The van der Waals surface area contributed by atoms with Gasteiger partial charge in [-0.3, -0.25) is 4.79 Å². The number of ether oxygens (including phenoxy) is 3. The molecule has 96 valence electrons. The second-order valence-corrected chi connectivity index (χ2v) is 6.81. The molecule has 0 bridgehead atoms. The minimum absolute atomic E-state index is 0.144. The van der Waals surface area contributed by atoms with Crippen molar-refractivity contribution in [2.24, 2.45) is 5.41 Å². The Hall–Kier alpha value is -1.00. The van der Waals surface area contributed by atoms with E-state index in [1.807, 2.05) is 6.92 Å². The van der Waals surface area contributed by atoms with E-state index >= 15 is 0 Å². The number of halogens is 1. The van der Waals surface area contributed by atoms with Crippen molar-refractivity contribution in [2.75, 3.05) is 19.8 Å². The van der Waals surface area contributed by atoms with Crippen LogP contribution in [0.1, 0.15) is 20.8 Å². The molecule has 17 heavy (non-hydrogen) atoms. The normalized spacial score (nSPS) is 24.4. The lowest BCUT2D eigenvalue weighted by Crippen LogP contribution is -2.40. The van der Waals surface area contributed by atoms with Gasteiger partial charge < -0.3 is 14.2 Å². The lowest BCUT2D eigenvalue weighted by molar-refractivity contribution is -0.158. The maximum atomic E-state index is 11.6. The molecule has 1 aliphatic rings. The Morgan fingerprint density at radius 2 is 2.06 bits per heavy atom. The molecule has 0 unspecified atom stereocenters. The van der Waals surface area contributed by atoms with Gasteiger partial charge in [0.1, 0.15) is 24.1 Å². The molecule has 0 aromatic rings. The van der Waals surface area contributed by atoms with E-state index in [0.29, 0.717) is 0 Å². The van der Waals surface area contributed by atoms with Gasteiger partial charge in [0.25, 0.3) is 0 Å². The van der Waals surface area contributed by atoms with Crippen molar-refractivity contribution in [1.29, 1.82) is 0 Å². The van der Waals surface area contributed by atoms with Crippen LogP contribution in [0.4, 0.5) is 0 Å². The Labute approximate surface area is 108 Å². The minimum atomic E-state index is -0.715. The number of rotatable bonds is 3. The highest BCUT2D eigenvalue weighted by Gasteiger charge is 2.35. The second kappa shape index (κ2) is 5.10. The van der Waals surface area contributed by atoms with Crippen molar-refractivity contribution < 1.29 is 23.8 Å². The molecule has 0 atom stereocenters. The van der Waals surface area contributed by atoms with Crippen LogP contribution >= 0.6 is 15.9 Å². The van der Waals surface area contributed by atoms with Crippen molar-refractivity contribution >= 4 is 27.8 Å². The maximum Gasteiger partial charge on any atom is 0.369 e. The fraction of sp³-hybridized carbons (Fsp3) is 0.727. The zero-order valence-electron chi connectivity index (χ0n) is 10.0. The minimum Gasteiger partial charge on any atom is -0.464 e. The van der Waals surface area contributed by atoms with E-state index in [4.69, 9.17) is 14.2 Å². The van der Waals surface area contributed by atoms with Crippen LogP contribution < -0.4 is 0 Å². The smallest absolute Gasteiger partial charge is 0.369 e. The molecule has 1 fully saturated rings. The van der Waals surface area contributed by atoms with E-state index in [9.17, 15) is 9.59 Å². The van der Waals surface area contributed by atoms with Crippen LogP contribution in [-0.2, 0) is 23.8 Å². The van der Waals surface area contributed by atoms with Gasteiger partial charge in [-0.15, -0.1) is 0 Å². The third-order valence-electron chi connectivity index (χ3n) is 2.22. The van der Waals surface area contributed by atoms with Gasteiger partial charge in [-0.05, 0) is 20.8 Å². The molecule has 1 aliphatic heterocycles. The second-order valence-electron chi connectivity index (χ2n) is 4.83. The zero-order chi connectivity index (χ0) is 13.1. The van der Waals surface area contributed by atoms with Gasteiger partial charge in [-0.1, -0.05) is 15.9 Å². The number of carbonyl (C=O) groups is 1. The lowest BCUT2D eigenvalue weighted by Gasteiger charge is -2.33. The molecule has 0 amide bonds. The van der Waals surface area contributed by atoms with Crippen LogP contribution in [-0.4, -0.2) is 36.1 Å². The van der Waals surface area contributed by atoms with E-state index in [1.165, 1.54) is 5.94 Å². The summed E-state index contributed by atoms with van der Waals surface area (Å²) < 4.78 is 14.5. The van der Waals surface area contributed by atoms with Crippen LogP contribution in [0.25, 0.3) is 0 Å². The van der Waals surface area contributed by atoms with Crippen LogP contribution in [0, 0.1) is 5.41 Å². The Morgan fingerprint density at radius 1 is 1.53 bits per heavy atom. The van der Waals surface area contributed by atoms with Crippen molar-refractivity contribution in [2.45, 2.75) is 25.1 Å². The molecule has 1 saturated heterocycles. The van der Waals surface area contributed by atoms with Gasteiger partial charge in [0.15, 0.2) is 0 Å². The summed E-state index contributed by atoms with van der Waals surface area (Å²) >= 11 is 3.21. The number of carbonyl (C=O) groups excluding carboxylic acids is 2. The van der Waals surface area contributed by atoms with Gasteiger partial charge >= 0.3 is 11.9 Å². The Kier molecular flexibility index (Phi) is 4.22. The highest BCUT2D eigenvalue weighted by Crippen LogP contribution is 2.26. The highest BCUT2D eigenvalue weighted by molar-refractivity contribution is 9.10. The third-order valence-corrected chi connectivity index (χ3v) is 2.55. The van der Waals surface area contributed by atoms with Gasteiger partial charge in [0.2, 0.25) is 5.94 Å². The predicted octanol–water partition coefficient (Wildman–Crippen LogP) is 1.43. The Morgan fingerprint density at radius 3 is 2.47 bits per heavy atom. The summed E-state index contributed by atoms with van der Waals surface area (Å²) in [6, 6.07) is 0. The van der Waals surface area contributed by atoms with E-state index in [2.05, 4.69) is 15.9 Å². The molecule has 6 heteroatoms. The fourth-order valence-electron chi connectivity index (χ4n) is 1.12. The van der Waals surface area contributed by atoms with E-state index in [-0.39, 0.29) is 31.7 Å². The molecule has 0 N–H and O–H groups in total. The van der Waals surface area contributed by atoms with Crippen LogP contribution in [0.2, 0.25) is 0 Å². The molecule has 0 spiro atoms. The average molecular weight is 307 g/mol. The standard InChI is InChI=1S/C11H15BrO5/c1-10(2,12)9(14)17-7-11(3)5-15-8(4-13)16-6-11/h5-7H2,1-3H3. The summed E-state index contributed by atoms with van der Waals surface area (Å²) in [6.45, 7) is 5.95. The summed E-state index contributed by atoms with van der Waals surface area (Å²) in [4.78, 5) is 21.8. The number of alkyl halides is 1. The molecule has 1 heterocycles. The van der Waals surface area contributed by atoms with Crippen LogP contribution in [0.3, 0.4) is 0 Å². The van der Waals surface area contributed by atoms with E-state index in [0.717, 1.165) is 0 Å². The molecule has 0 aromatic carbocycles. The summed E-state index contributed by atoms with van der Waals surface area (Å²) in [5.74, 6) is 1.04. The first kappa shape index (κ1) is 14.1. The molecule has 0 aliphatic carbocycles. The molecule has 0 radical (unpaired) electrons. The molecule has 1 rings (SSSR count). The fourth-order valence-corrected chi connectivity index (χ4v) is 1.23. The first-order chi connectivity index (χ1) is 7.77. The summed E-state index contributed by atoms with van der Waals surface area (Å²) in [5.41, 5.74) is -0.450. The first-order valence-corrected chi connectivity index (χ1v) is 5.93. The van der Waals surface area contributed by atoms with Gasteiger partial charge in [0.05, 0.1) is 5.41 Å². The maximum absolute atomic E-state index is 11.6. The number of esters is 1. The molecule has 5 nitrogen and oxygen atoms in total. The molecule has 0 aromatic heterocycles. The number of hydrogen-bond acceptors (Lipinski definition) is 5. The van der Waals surface area contributed by atoms with Crippen molar-refractivity contribution in [3.63, 3.8) is 0 Å². The largest absolute Gasteiger partial charge is 0.464 e. The third kappa shape index (κ3) is 4.06. The van der Waals surface area contributed by atoms with Crippen molar-refractivity contribution in [3.8, 4) is 0 Å². The van der Waals surface area contributed by atoms with E-state index < -0.39 is 9.74 Å². The predicted molar refractivity (Wildman–Crippen MR) is 63.2 cm³/mol. The molecular formula is C11H15BrO5. The average Bonchev–Trinajstić information content (AvgIpc) is 2.26. The van der Waals surface area contributed by atoms with E-state index in [1.54, 1.807) is 13.8 Å². The SMILES string of the molecule is CC1(COC(=O)C(C)(C)Br)COC(=C=O)OC1. The van der Waals surface area contributed by atoms with Gasteiger partial charge in [0, 0.05) is 0 Å². The summed E-state index contributed by atoms with van der Waals surface area (Å²) in [7, 11) is 0. The van der Waals surface area contributed by atoms with Crippen molar-refractivity contribution in [1.82, 2.24) is 0 Å². The summed E-state index contributed by atoms with van der Waals surface area (Å²) in [6.07, 6.45) is 0. The van der Waals surface area contributed by atoms with Gasteiger partial charge in [-0.25, -0.2) is 4.79 Å². The topological polar surface area (TPSA) is 61.8 Å². The monoisotopic (exact) mass is 306 g/mol. The van der Waals surface area contributed by atoms with Crippen LogP contribution in [0.15, 0.2) is 5.95 Å².